The fourth-order valence-corrected chi connectivity index (χ4v) is 5.17. The standard InChI is InChI=1S/C20H32N4O/c1-13(2)14-6-7-16-15(11-14)18(22)12-17-19(24(23-25)10-9-21)5-4-8-20(16,17)3/h6-7,11,13,17-19H,4-5,8-10,12,21-22H2,1-3H3. The van der Waals surface area contributed by atoms with E-state index in [-0.39, 0.29) is 17.5 Å². The lowest BCUT2D eigenvalue weighted by molar-refractivity contribution is 0.0371. The summed E-state index contributed by atoms with van der Waals surface area (Å²) in [4.78, 5) is 11.4. The van der Waals surface area contributed by atoms with Gasteiger partial charge in [0.05, 0.1) is 17.9 Å². The Morgan fingerprint density at radius 1 is 1.40 bits per heavy atom. The van der Waals surface area contributed by atoms with Crippen LogP contribution < -0.4 is 11.5 Å². The zero-order chi connectivity index (χ0) is 18.2. The van der Waals surface area contributed by atoms with E-state index < -0.39 is 0 Å². The van der Waals surface area contributed by atoms with Crippen molar-refractivity contribution >= 4 is 0 Å². The van der Waals surface area contributed by atoms with Crippen LogP contribution in [0.3, 0.4) is 0 Å². The van der Waals surface area contributed by atoms with Gasteiger partial charge in [0.1, 0.15) is 0 Å². The van der Waals surface area contributed by atoms with Crippen LogP contribution in [-0.2, 0) is 5.41 Å². The molecule has 0 amide bonds. The van der Waals surface area contributed by atoms with Crippen molar-refractivity contribution in [2.24, 2.45) is 22.7 Å². The van der Waals surface area contributed by atoms with Crippen molar-refractivity contribution in [3.8, 4) is 0 Å². The second-order valence-corrected chi connectivity index (χ2v) is 8.36. The minimum absolute atomic E-state index is 0.0266. The van der Waals surface area contributed by atoms with Crippen molar-refractivity contribution < 1.29 is 0 Å². The van der Waals surface area contributed by atoms with Gasteiger partial charge >= 0.3 is 0 Å². The predicted octanol–water partition coefficient (Wildman–Crippen LogP) is 3.58. The number of nitrogens with zero attached hydrogens (tertiary/aromatic N) is 2. The number of hydrogen-bond acceptors (Lipinski definition) is 4. The molecular weight excluding hydrogens is 312 g/mol. The van der Waals surface area contributed by atoms with Crippen LogP contribution in [0.5, 0.6) is 0 Å². The molecule has 1 fully saturated rings. The third-order valence-corrected chi connectivity index (χ3v) is 6.59. The molecule has 0 aromatic heterocycles. The topological polar surface area (TPSA) is 84.7 Å². The molecule has 0 aliphatic heterocycles. The summed E-state index contributed by atoms with van der Waals surface area (Å²) in [6.45, 7) is 7.77. The highest BCUT2D eigenvalue weighted by Crippen LogP contribution is 2.53. The molecule has 4 N–H and O–H groups in total. The third kappa shape index (κ3) is 3.08. The highest BCUT2D eigenvalue weighted by atomic mass is 16.3. The van der Waals surface area contributed by atoms with Gasteiger partial charge in [0.2, 0.25) is 0 Å². The molecule has 25 heavy (non-hydrogen) atoms. The fourth-order valence-electron chi connectivity index (χ4n) is 5.17. The Bertz CT molecular complexity index is 632. The minimum atomic E-state index is 0.0266. The number of nitrogens with two attached hydrogens (primary N) is 2. The Labute approximate surface area is 151 Å². The highest BCUT2D eigenvalue weighted by Gasteiger charge is 2.50. The van der Waals surface area contributed by atoms with Crippen LogP contribution in [0.25, 0.3) is 0 Å². The van der Waals surface area contributed by atoms with Crippen molar-refractivity contribution in [2.75, 3.05) is 13.1 Å². The largest absolute Gasteiger partial charge is 0.329 e. The van der Waals surface area contributed by atoms with E-state index in [9.17, 15) is 4.91 Å². The first-order chi connectivity index (χ1) is 11.9. The molecule has 5 nitrogen and oxygen atoms in total. The molecule has 0 heterocycles. The van der Waals surface area contributed by atoms with Gasteiger partial charge in [-0.15, -0.1) is 4.91 Å². The van der Waals surface area contributed by atoms with E-state index in [2.05, 4.69) is 44.3 Å². The molecule has 2 aliphatic carbocycles. The van der Waals surface area contributed by atoms with Gasteiger partial charge in [0.25, 0.3) is 0 Å². The molecule has 3 rings (SSSR count). The van der Waals surface area contributed by atoms with Crippen LogP contribution in [0.15, 0.2) is 23.5 Å². The second kappa shape index (κ2) is 7.04. The van der Waals surface area contributed by atoms with Gasteiger partial charge in [0.15, 0.2) is 0 Å². The molecule has 4 unspecified atom stereocenters. The number of rotatable bonds is 5. The van der Waals surface area contributed by atoms with E-state index >= 15 is 0 Å². The molecular formula is C20H32N4O. The van der Waals surface area contributed by atoms with E-state index in [1.54, 1.807) is 5.01 Å². The Hall–Kier alpha value is -1.46. The maximum atomic E-state index is 11.4. The van der Waals surface area contributed by atoms with Gasteiger partial charge in [0, 0.05) is 12.6 Å². The van der Waals surface area contributed by atoms with Crippen molar-refractivity contribution in [2.45, 2.75) is 69.9 Å². The summed E-state index contributed by atoms with van der Waals surface area (Å²) in [5, 5.41) is 4.99. The summed E-state index contributed by atoms with van der Waals surface area (Å²) in [7, 11) is 0. The Morgan fingerprint density at radius 3 is 2.80 bits per heavy atom. The van der Waals surface area contributed by atoms with Gasteiger partial charge in [-0.1, -0.05) is 45.4 Å². The van der Waals surface area contributed by atoms with Crippen molar-refractivity contribution in [1.29, 1.82) is 0 Å². The van der Waals surface area contributed by atoms with Gasteiger partial charge in [-0.25, -0.2) is 0 Å². The molecule has 1 aromatic rings. The first-order valence-corrected chi connectivity index (χ1v) is 9.62. The number of benzene rings is 1. The molecule has 5 heteroatoms. The second-order valence-electron chi connectivity index (χ2n) is 8.36. The lowest BCUT2D eigenvalue weighted by Gasteiger charge is -2.53. The molecule has 1 aromatic carbocycles. The molecule has 2 aliphatic rings. The third-order valence-electron chi connectivity index (χ3n) is 6.59. The lowest BCUT2D eigenvalue weighted by atomic mass is 9.55. The first kappa shape index (κ1) is 18.3. The van der Waals surface area contributed by atoms with Gasteiger partial charge < -0.3 is 11.5 Å². The minimum Gasteiger partial charge on any atom is -0.329 e. The quantitative estimate of drug-likeness (QED) is 0.631. The van der Waals surface area contributed by atoms with Crippen LogP contribution in [0.1, 0.15) is 75.1 Å². The average molecular weight is 345 g/mol. The summed E-state index contributed by atoms with van der Waals surface area (Å²) in [5.74, 6) is 0.847. The molecule has 4 atom stereocenters. The first-order valence-electron chi connectivity index (χ1n) is 9.62. The molecule has 0 spiro atoms. The summed E-state index contributed by atoms with van der Waals surface area (Å²) < 4.78 is 0. The van der Waals surface area contributed by atoms with Gasteiger partial charge in [-0.2, -0.15) is 0 Å². The maximum Gasteiger partial charge on any atom is 0.0540 e. The molecule has 1 saturated carbocycles. The van der Waals surface area contributed by atoms with Crippen LogP contribution in [0, 0.1) is 10.8 Å². The Kier molecular flexibility index (Phi) is 5.16. The maximum absolute atomic E-state index is 11.4. The summed E-state index contributed by atoms with van der Waals surface area (Å²) in [6.07, 6.45) is 4.16. The lowest BCUT2D eigenvalue weighted by Crippen LogP contribution is -2.54. The number of hydrogen-bond donors (Lipinski definition) is 2. The predicted molar refractivity (Wildman–Crippen MR) is 102 cm³/mol. The summed E-state index contributed by atoms with van der Waals surface area (Å²) in [5.41, 5.74) is 16.4. The fraction of sp³-hybridized carbons (Fsp3) is 0.700. The average Bonchev–Trinajstić information content (AvgIpc) is 2.60. The van der Waals surface area contributed by atoms with Crippen molar-refractivity contribution in [3.05, 3.63) is 39.8 Å². The van der Waals surface area contributed by atoms with Crippen LogP contribution >= 0.6 is 0 Å². The monoisotopic (exact) mass is 344 g/mol. The molecule has 0 radical (unpaired) electrons. The Morgan fingerprint density at radius 2 is 2.16 bits per heavy atom. The summed E-state index contributed by atoms with van der Waals surface area (Å²) in [6, 6.07) is 7.03. The van der Waals surface area contributed by atoms with Gasteiger partial charge in [-0.05, 0) is 53.2 Å². The van der Waals surface area contributed by atoms with Crippen LogP contribution in [0.4, 0.5) is 0 Å². The van der Waals surface area contributed by atoms with Crippen molar-refractivity contribution in [3.63, 3.8) is 0 Å². The zero-order valence-electron chi connectivity index (χ0n) is 15.7. The van der Waals surface area contributed by atoms with Crippen LogP contribution in [0.2, 0.25) is 0 Å². The smallest absolute Gasteiger partial charge is 0.0540 e. The normalized spacial score (nSPS) is 31.4. The van der Waals surface area contributed by atoms with Crippen LogP contribution in [-0.4, -0.2) is 24.1 Å². The number of fused-ring (bicyclic) bond motifs is 3. The summed E-state index contributed by atoms with van der Waals surface area (Å²) >= 11 is 0. The zero-order valence-corrected chi connectivity index (χ0v) is 15.7. The van der Waals surface area contributed by atoms with Gasteiger partial charge in [-0.3, -0.25) is 5.01 Å². The SMILES string of the molecule is CC(C)c1ccc2c(c1)C(N)CC1C(N(CCN)N=O)CCCC21C. The molecule has 0 bridgehead atoms. The number of nitroso groups, excluding NO2 is 1. The van der Waals surface area contributed by atoms with Crippen molar-refractivity contribution in [1.82, 2.24) is 5.01 Å². The highest BCUT2D eigenvalue weighted by molar-refractivity contribution is 5.43. The van der Waals surface area contributed by atoms with E-state index in [1.807, 2.05) is 0 Å². The van der Waals surface area contributed by atoms with E-state index in [0.29, 0.717) is 24.9 Å². The Balaban J connectivity index is 2.02. The van der Waals surface area contributed by atoms with E-state index in [4.69, 9.17) is 11.5 Å². The molecule has 138 valence electrons. The molecule has 0 saturated heterocycles. The van der Waals surface area contributed by atoms with E-state index in [0.717, 1.165) is 25.7 Å². The van der Waals surface area contributed by atoms with E-state index in [1.165, 1.54) is 16.7 Å².